The van der Waals surface area contributed by atoms with E-state index in [9.17, 15) is 4.79 Å². The van der Waals surface area contributed by atoms with Crippen molar-refractivity contribution in [3.63, 3.8) is 0 Å². The Bertz CT molecular complexity index is 840. The molecule has 2 aliphatic heterocycles. The van der Waals surface area contributed by atoms with Gasteiger partial charge < -0.3 is 10.5 Å². The Balaban J connectivity index is 1.88. The average molecular weight is 353 g/mol. The molecular weight excluding hydrogens is 326 g/mol. The van der Waals surface area contributed by atoms with Crippen LogP contribution in [0, 0.1) is 5.92 Å². The highest BCUT2D eigenvalue weighted by atomic mass is 16.5. The van der Waals surface area contributed by atoms with E-state index < -0.39 is 11.1 Å². The lowest BCUT2D eigenvalue weighted by Crippen LogP contribution is -2.49. The van der Waals surface area contributed by atoms with Crippen LogP contribution < -0.4 is 10.5 Å². The van der Waals surface area contributed by atoms with Crippen LogP contribution in [0.2, 0.25) is 0 Å². The molecule has 138 valence electrons. The zero-order valence-electron chi connectivity index (χ0n) is 16.0. The quantitative estimate of drug-likeness (QED) is 0.841. The van der Waals surface area contributed by atoms with E-state index in [2.05, 4.69) is 30.1 Å². The Morgan fingerprint density at radius 3 is 2.77 bits per heavy atom. The number of rotatable bonds is 1. The van der Waals surface area contributed by atoms with E-state index in [1.165, 1.54) is 23.3 Å². The van der Waals surface area contributed by atoms with Crippen LogP contribution in [0.4, 0.5) is 0 Å². The van der Waals surface area contributed by atoms with Crippen molar-refractivity contribution in [1.29, 1.82) is 0 Å². The van der Waals surface area contributed by atoms with Gasteiger partial charge in [-0.2, -0.15) is 0 Å². The Morgan fingerprint density at radius 2 is 2.12 bits per heavy atom. The molecule has 2 heterocycles. The fourth-order valence-electron chi connectivity index (χ4n) is 4.54. The highest BCUT2D eigenvalue weighted by molar-refractivity contribution is 6.07. The fraction of sp³-hybridized carbons (Fsp3) is 0.524. The van der Waals surface area contributed by atoms with Gasteiger partial charge in [-0.15, -0.1) is 0 Å². The first-order chi connectivity index (χ1) is 12.2. The van der Waals surface area contributed by atoms with Crippen molar-refractivity contribution >= 4 is 17.4 Å². The van der Waals surface area contributed by atoms with Gasteiger partial charge in [0.15, 0.2) is 11.5 Å². The molecule has 2 unspecified atom stereocenters. The summed E-state index contributed by atoms with van der Waals surface area (Å²) in [4.78, 5) is 19.3. The first-order valence-electron chi connectivity index (χ1n) is 9.40. The molecule has 1 aromatic carbocycles. The van der Waals surface area contributed by atoms with Crippen LogP contribution in [0.5, 0.6) is 5.75 Å². The maximum absolute atomic E-state index is 13.1. The molecule has 4 rings (SSSR count). The number of carbonyl (C=O) groups excluding carboxylic acids is 1. The predicted octanol–water partition coefficient (Wildman–Crippen LogP) is 3.43. The average Bonchev–Trinajstić information content (AvgIpc) is 2.78. The number of aliphatic imine (C=N–C) groups is 1. The molecule has 0 radical (unpaired) electrons. The van der Waals surface area contributed by atoms with Gasteiger partial charge in [-0.1, -0.05) is 19.1 Å². The third-order valence-corrected chi connectivity index (χ3v) is 5.76. The van der Waals surface area contributed by atoms with E-state index in [4.69, 9.17) is 10.5 Å². The number of carbonyl (C=O) groups is 1. The number of likely N-dealkylation sites (N-methyl/N-ethyl adjacent to an activating group) is 1. The van der Waals surface area contributed by atoms with Crippen LogP contribution in [0.3, 0.4) is 0 Å². The molecule has 2 atom stereocenters. The van der Waals surface area contributed by atoms with E-state index in [1.54, 1.807) is 7.05 Å². The van der Waals surface area contributed by atoms with Crippen molar-refractivity contribution in [2.24, 2.45) is 16.6 Å². The van der Waals surface area contributed by atoms with Gasteiger partial charge in [-0.3, -0.25) is 9.69 Å². The summed E-state index contributed by atoms with van der Waals surface area (Å²) in [6.07, 6.45) is 6.34. The van der Waals surface area contributed by atoms with Gasteiger partial charge >= 0.3 is 0 Å². The first-order valence-corrected chi connectivity index (χ1v) is 9.40. The van der Waals surface area contributed by atoms with E-state index >= 15 is 0 Å². The molecule has 1 spiro atoms. The number of amides is 1. The number of nitrogens with zero attached hydrogens (tertiary/aromatic N) is 2. The molecule has 0 saturated heterocycles. The number of nitrogens with two attached hydrogens (primary N) is 1. The molecule has 2 N–H and O–H groups in total. The standard InChI is InChI=1S/C21H27N3O2/c1-13-6-5-7-14(10-13)15-8-9-17-16(11-15)21(12-20(2,3)26-17)18(25)24(4)19(22)23-21/h8-11,13H,5-7,12H2,1-4H3,(H2,22,23). The summed E-state index contributed by atoms with van der Waals surface area (Å²) in [6.45, 7) is 6.24. The molecule has 5 heteroatoms. The number of allylic oxidation sites excluding steroid dienone is 2. The lowest BCUT2D eigenvalue weighted by atomic mass is 9.76. The van der Waals surface area contributed by atoms with E-state index in [0.29, 0.717) is 12.3 Å². The Labute approximate surface area is 154 Å². The summed E-state index contributed by atoms with van der Waals surface area (Å²) in [6, 6.07) is 6.20. The van der Waals surface area contributed by atoms with Crippen molar-refractivity contribution < 1.29 is 9.53 Å². The summed E-state index contributed by atoms with van der Waals surface area (Å²) in [7, 11) is 1.69. The largest absolute Gasteiger partial charge is 0.487 e. The maximum atomic E-state index is 13.1. The number of fused-ring (bicyclic) bond motifs is 2. The van der Waals surface area contributed by atoms with Crippen molar-refractivity contribution in [3.05, 3.63) is 35.4 Å². The van der Waals surface area contributed by atoms with Crippen LogP contribution in [-0.4, -0.2) is 29.4 Å². The van der Waals surface area contributed by atoms with Crippen LogP contribution in [0.25, 0.3) is 5.57 Å². The molecule has 3 aliphatic rings. The van der Waals surface area contributed by atoms with Gasteiger partial charge in [0.2, 0.25) is 0 Å². The fourth-order valence-corrected chi connectivity index (χ4v) is 4.54. The van der Waals surface area contributed by atoms with Crippen molar-refractivity contribution in [2.75, 3.05) is 7.05 Å². The zero-order chi connectivity index (χ0) is 18.7. The lowest BCUT2D eigenvalue weighted by molar-refractivity contribution is -0.133. The predicted molar refractivity (Wildman–Crippen MR) is 103 cm³/mol. The topological polar surface area (TPSA) is 67.9 Å². The molecule has 5 nitrogen and oxygen atoms in total. The maximum Gasteiger partial charge on any atom is 0.261 e. The molecule has 1 amide bonds. The van der Waals surface area contributed by atoms with Crippen molar-refractivity contribution in [2.45, 2.75) is 57.6 Å². The third kappa shape index (κ3) is 2.52. The smallest absolute Gasteiger partial charge is 0.261 e. The van der Waals surface area contributed by atoms with E-state index in [-0.39, 0.29) is 11.9 Å². The van der Waals surface area contributed by atoms with Gasteiger partial charge in [0.1, 0.15) is 11.4 Å². The SMILES string of the molecule is CC1C=C(c2ccc3c(c2)C2(CC(C)(C)O3)N=C(N)N(C)C2=O)CCC1. The summed E-state index contributed by atoms with van der Waals surface area (Å²) in [5.41, 5.74) is 7.90. The number of benzene rings is 1. The summed E-state index contributed by atoms with van der Waals surface area (Å²) < 4.78 is 6.19. The molecule has 1 aliphatic carbocycles. The number of hydrogen-bond donors (Lipinski definition) is 1. The zero-order valence-corrected chi connectivity index (χ0v) is 16.0. The Morgan fingerprint density at radius 1 is 1.35 bits per heavy atom. The van der Waals surface area contributed by atoms with Gasteiger partial charge in [0, 0.05) is 19.0 Å². The molecule has 0 bridgehead atoms. The van der Waals surface area contributed by atoms with Gasteiger partial charge in [0.05, 0.1) is 0 Å². The second kappa shape index (κ2) is 5.60. The molecule has 0 aromatic heterocycles. The minimum absolute atomic E-state index is 0.0734. The van der Waals surface area contributed by atoms with Gasteiger partial charge in [-0.25, -0.2) is 4.99 Å². The number of ether oxygens (including phenoxy) is 1. The number of hydrogen-bond acceptors (Lipinski definition) is 4. The Hall–Kier alpha value is -2.30. The first kappa shape index (κ1) is 17.1. The molecular formula is C21H27N3O2. The normalized spacial score (nSPS) is 29.9. The minimum atomic E-state index is -0.979. The lowest BCUT2D eigenvalue weighted by Gasteiger charge is -2.41. The summed E-state index contributed by atoms with van der Waals surface area (Å²) in [5.74, 6) is 1.52. The van der Waals surface area contributed by atoms with E-state index in [0.717, 1.165) is 23.3 Å². The summed E-state index contributed by atoms with van der Waals surface area (Å²) >= 11 is 0. The second-order valence-electron chi connectivity index (χ2n) is 8.51. The molecule has 1 aromatic rings. The number of guanidine groups is 1. The summed E-state index contributed by atoms with van der Waals surface area (Å²) in [5, 5.41) is 0. The Kier molecular flexibility index (Phi) is 3.69. The van der Waals surface area contributed by atoms with Crippen molar-refractivity contribution in [3.8, 4) is 5.75 Å². The third-order valence-electron chi connectivity index (χ3n) is 5.76. The van der Waals surface area contributed by atoms with Crippen molar-refractivity contribution in [1.82, 2.24) is 4.90 Å². The van der Waals surface area contributed by atoms with E-state index in [1.807, 2.05) is 19.9 Å². The molecule has 26 heavy (non-hydrogen) atoms. The highest BCUT2D eigenvalue weighted by Crippen LogP contribution is 2.49. The monoisotopic (exact) mass is 353 g/mol. The van der Waals surface area contributed by atoms with Crippen LogP contribution in [0.1, 0.15) is 57.6 Å². The highest BCUT2D eigenvalue weighted by Gasteiger charge is 2.55. The minimum Gasteiger partial charge on any atom is -0.487 e. The molecule has 0 fully saturated rings. The molecule has 0 saturated carbocycles. The second-order valence-corrected chi connectivity index (χ2v) is 8.51. The van der Waals surface area contributed by atoms with Gasteiger partial charge in [-0.05, 0) is 62.3 Å². The van der Waals surface area contributed by atoms with Crippen LogP contribution in [-0.2, 0) is 10.3 Å². The van der Waals surface area contributed by atoms with Gasteiger partial charge in [0.25, 0.3) is 5.91 Å². The van der Waals surface area contributed by atoms with Crippen LogP contribution in [0.15, 0.2) is 29.3 Å². The van der Waals surface area contributed by atoms with Crippen LogP contribution >= 0.6 is 0 Å².